The minimum absolute atomic E-state index is 0.283. The van der Waals surface area contributed by atoms with E-state index in [1.165, 1.54) is 18.4 Å². The zero-order chi connectivity index (χ0) is 12.8. The Labute approximate surface area is 109 Å². The van der Waals surface area contributed by atoms with E-state index in [-0.39, 0.29) is 5.78 Å². The van der Waals surface area contributed by atoms with Crippen molar-refractivity contribution in [3.63, 3.8) is 0 Å². The summed E-state index contributed by atoms with van der Waals surface area (Å²) >= 11 is 0. The zero-order valence-electron chi connectivity index (χ0n) is 11.2. The molecule has 1 saturated heterocycles. The van der Waals surface area contributed by atoms with Gasteiger partial charge in [-0.15, -0.1) is 0 Å². The fraction of sp³-hybridized carbons (Fsp3) is 0.562. The van der Waals surface area contributed by atoms with Crippen LogP contribution < -0.4 is 0 Å². The van der Waals surface area contributed by atoms with Gasteiger partial charge in [-0.05, 0) is 37.7 Å². The van der Waals surface area contributed by atoms with Gasteiger partial charge in [-0.1, -0.05) is 31.2 Å². The van der Waals surface area contributed by atoms with Crippen LogP contribution in [0.1, 0.15) is 54.9 Å². The maximum atomic E-state index is 12.2. The molecular formula is C16H22O2. The molecule has 1 fully saturated rings. The van der Waals surface area contributed by atoms with Gasteiger partial charge in [0.05, 0.1) is 6.10 Å². The summed E-state index contributed by atoms with van der Waals surface area (Å²) in [5.74, 6) is 0.283. The van der Waals surface area contributed by atoms with E-state index in [0.717, 1.165) is 31.4 Å². The fourth-order valence-electron chi connectivity index (χ4n) is 2.60. The Bertz CT molecular complexity index is 392. The van der Waals surface area contributed by atoms with Gasteiger partial charge in [0.15, 0.2) is 5.78 Å². The molecule has 1 heterocycles. The summed E-state index contributed by atoms with van der Waals surface area (Å²) in [5, 5.41) is 0. The molecule has 2 rings (SSSR count). The average molecular weight is 246 g/mol. The van der Waals surface area contributed by atoms with E-state index >= 15 is 0 Å². The van der Waals surface area contributed by atoms with E-state index in [1.807, 2.05) is 24.3 Å². The lowest BCUT2D eigenvalue weighted by Crippen LogP contribution is -2.07. The van der Waals surface area contributed by atoms with Crippen molar-refractivity contribution >= 4 is 5.78 Å². The highest BCUT2D eigenvalue weighted by Crippen LogP contribution is 2.19. The maximum Gasteiger partial charge on any atom is 0.163 e. The lowest BCUT2D eigenvalue weighted by Gasteiger charge is -2.09. The van der Waals surface area contributed by atoms with Crippen LogP contribution in [-0.2, 0) is 11.2 Å². The summed E-state index contributed by atoms with van der Waals surface area (Å²) in [7, 11) is 0. The first-order valence-electron chi connectivity index (χ1n) is 7.04. The monoisotopic (exact) mass is 246 g/mol. The van der Waals surface area contributed by atoms with Gasteiger partial charge in [-0.3, -0.25) is 4.79 Å². The van der Waals surface area contributed by atoms with Crippen molar-refractivity contribution in [2.24, 2.45) is 0 Å². The second-order valence-electron chi connectivity index (χ2n) is 4.96. The Balaban J connectivity index is 1.83. The van der Waals surface area contributed by atoms with Gasteiger partial charge < -0.3 is 4.74 Å². The number of hydrogen-bond donors (Lipinski definition) is 0. The summed E-state index contributed by atoms with van der Waals surface area (Å²) in [5.41, 5.74) is 2.08. The normalized spacial score (nSPS) is 19.1. The molecule has 0 amide bonds. The number of Topliss-reactive ketones (excluding diaryl/α,β-unsaturated/α-hetero) is 1. The van der Waals surface area contributed by atoms with Crippen LogP contribution in [0.3, 0.4) is 0 Å². The minimum Gasteiger partial charge on any atom is -0.378 e. The molecule has 0 N–H and O–H groups in total. The number of ether oxygens (including phenoxy) is 1. The van der Waals surface area contributed by atoms with Crippen LogP contribution in [0.2, 0.25) is 0 Å². The van der Waals surface area contributed by atoms with Gasteiger partial charge in [0, 0.05) is 18.6 Å². The standard InChI is InChI=1S/C16H22O2/c1-2-13-7-3-4-10-15(13)16(17)11-5-8-14-9-6-12-18-14/h3-4,7,10,14H,2,5-6,8-9,11-12H2,1H3. The molecular weight excluding hydrogens is 224 g/mol. The Hall–Kier alpha value is -1.15. The van der Waals surface area contributed by atoms with Crippen LogP contribution in [0, 0.1) is 0 Å². The third-order valence-corrected chi connectivity index (χ3v) is 3.65. The maximum absolute atomic E-state index is 12.2. The van der Waals surface area contributed by atoms with Gasteiger partial charge in [0.1, 0.15) is 0 Å². The number of benzene rings is 1. The third-order valence-electron chi connectivity index (χ3n) is 3.65. The quantitative estimate of drug-likeness (QED) is 0.714. The van der Waals surface area contributed by atoms with Crippen molar-refractivity contribution in [3.05, 3.63) is 35.4 Å². The molecule has 0 aliphatic carbocycles. The number of rotatable bonds is 6. The minimum atomic E-state index is 0.283. The molecule has 0 spiro atoms. The Morgan fingerprint density at radius 1 is 1.39 bits per heavy atom. The van der Waals surface area contributed by atoms with Gasteiger partial charge in [-0.2, -0.15) is 0 Å². The summed E-state index contributed by atoms with van der Waals surface area (Å²) in [4.78, 5) is 12.2. The van der Waals surface area contributed by atoms with E-state index < -0.39 is 0 Å². The highest BCUT2D eigenvalue weighted by molar-refractivity contribution is 5.97. The molecule has 0 bridgehead atoms. The zero-order valence-corrected chi connectivity index (χ0v) is 11.2. The van der Waals surface area contributed by atoms with E-state index in [2.05, 4.69) is 6.92 Å². The first-order valence-corrected chi connectivity index (χ1v) is 7.04. The number of carbonyl (C=O) groups excluding carboxylic acids is 1. The molecule has 98 valence electrons. The number of ketones is 1. The number of aryl methyl sites for hydroxylation is 1. The molecule has 1 aromatic carbocycles. The van der Waals surface area contributed by atoms with E-state index in [0.29, 0.717) is 12.5 Å². The number of hydrogen-bond acceptors (Lipinski definition) is 2. The van der Waals surface area contributed by atoms with Crippen molar-refractivity contribution in [1.29, 1.82) is 0 Å². The molecule has 2 nitrogen and oxygen atoms in total. The fourth-order valence-corrected chi connectivity index (χ4v) is 2.60. The summed E-state index contributed by atoms with van der Waals surface area (Å²) < 4.78 is 5.57. The SMILES string of the molecule is CCc1ccccc1C(=O)CCCC1CCCO1. The van der Waals surface area contributed by atoms with Crippen LogP contribution in [0.25, 0.3) is 0 Å². The van der Waals surface area contributed by atoms with Crippen LogP contribution in [0.4, 0.5) is 0 Å². The molecule has 18 heavy (non-hydrogen) atoms. The molecule has 2 heteroatoms. The lowest BCUT2D eigenvalue weighted by molar-refractivity contribution is 0.0922. The van der Waals surface area contributed by atoms with Gasteiger partial charge in [0.25, 0.3) is 0 Å². The summed E-state index contributed by atoms with van der Waals surface area (Å²) in [6.07, 6.45) is 6.29. The topological polar surface area (TPSA) is 26.3 Å². The molecule has 1 atom stereocenters. The lowest BCUT2D eigenvalue weighted by atomic mass is 9.97. The van der Waals surface area contributed by atoms with Gasteiger partial charge in [0.2, 0.25) is 0 Å². The second kappa shape index (κ2) is 6.69. The smallest absolute Gasteiger partial charge is 0.163 e. The van der Waals surface area contributed by atoms with E-state index in [1.54, 1.807) is 0 Å². The largest absolute Gasteiger partial charge is 0.378 e. The molecule has 0 aromatic heterocycles. The van der Waals surface area contributed by atoms with Crippen LogP contribution in [-0.4, -0.2) is 18.5 Å². The van der Waals surface area contributed by atoms with Crippen LogP contribution >= 0.6 is 0 Å². The molecule has 1 aliphatic heterocycles. The average Bonchev–Trinajstić information content (AvgIpc) is 2.91. The predicted molar refractivity (Wildman–Crippen MR) is 73.0 cm³/mol. The van der Waals surface area contributed by atoms with Crippen molar-refractivity contribution < 1.29 is 9.53 Å². The van der Waals surface area contributed by atoms with Gasteiger partial charge >= 0.3 is 0 Å². The first-order chi connectivity index (χ1) is 8.81. The summed E-state index contributed by atoms with van der Waals surface area (Å²) in [6, 6.07) is 7.95. The second-order valence-corrected chi connectivity index (χ2v) is 4.96. The highest BCUT2D eigenvalue weighted by Gasteiger charge is 2.16. The van der Waals surface area contributed by atoms with Crippen molar-refractivity contribution in [1.82, 2.24) is 0 Å². The molecule has 1 unspecified atom stereocenters. The Morgan fingerprint density at radius 2 is 2.22 bits per heavy atom. The highest BCUT2D eigenvalue weighted by atomic mass is 16.5. The molecule has 0 saturated carbocycles. The first kappa shape index (κ1) is 13.3. The van der Waals surface area contributed by atoms with Crippen molar-refractivity contribution in [2.75, 3.05) is 6.61 Å². The van der Waals surface area contributed by atoms with Crippen LogP contribution in [0.15, 0.2) is 24.3 Å². The molecule has 1 aromatic rings. The third kappa shape index (κ3) is 3.42. The van der Waals surface area contributed by atoms with Crippen LogP contribution in [0.5, 0.6) is 0 Å². The Morgan fingerprint density at radius 3 is 2.94 bits per heavy atom. The van der Waals surface area contributed by atoms with Gasteiger partial charge in [-0.25, -0.2) is 0 Å². The van der Waals surface area contributed by atoms with E-state index in [4.69, 9.17) is 4.74 Å². The van der Waals surface area contributed by atoms with Crippen molar-refractivity contribution in [2.45, 2.75) is 51.6 Å². The predicted octanol–water partition coefficient (Wildman–Crippen LogP) is 3.78. The summed E-state index contributed by atoms with van der Waals surface area (Å²) in [6.45, 7) is 3.00. The number of carbonyl (C=O) groups is 1. The molecule has 1 aliphatic rings. The van der Waals surface area contributed by atoms with Crippen molar-refractivity contribution in [3.8, 4) is 0 Å². The Kier molecular flexibility index (Phi) is 4.94. The van der Waals surface area contributed by atoms with E-state index in [9.17, 15) is 4.79 Å². The molecule has 0 radical (unpaired) electrons.